The molecular formula is C20H36Cl2N4O. The summed E-state index contributed by atoms with van der Waals surface area (Å²) in [5.74, 6) is 1.79. The molecule has 1 atom stereocenters. The minimum Gasteiger partial charge on any atom is -0.380 e. The summed E-state index contributed by atoms with van der Waals surface area (Å²) in [4.78, 5) is 7.34. The van der Waals surface area contributed by atoms with E-state index in [0.29, 0.717) is 12.0 Å². The lowest BCUT2D eigenvalue weighted by molar-refractivity contribution is 0.0853. The number of anilines is 1. The van der Waals surface area contributed by atoms with E-state index in [1.165, 1.54) is 18.4 Å². The Labute approximate surface area is 176 Å². The van der Waals surface area contributed by atoms with Crippen molar-refractivity contribution in [2.24, 2.45) is 5.92 Å². The van der Waals surface area contributed by atoms with Gasteiger partial charge in [0.2, 0.25) is 0 Å². The lowest BCUT2D eigenvalue weighted by Gasteiger charge is -2.29. The summed E-state index contributed by atoms with van der Waals surface area (Å²) >= 11 is 0. The smallest absolute Gasteiger partial charge is 0.129 e. The quantitative estimate of drug-likeness (QED) is 0.603. The molecule has 0 saturated carbocycles. The molecule has 0 spiro atoms. The van der Waals surface area contributed by atoms with Crippen LogP contribution in [0.4, 0.5) is 5.82 Å². The molecule has 5 nitrogen and oxygen atoms in total. The summed E-state index contributed by atoms with van der Waals surface area (Å²) in [6, 6.07) is 5.06. The summed E-state index contributed by atoms with van der Waals surface area (Å²) in [6.07, 6.45) is 4.51. The highest BCUT2D eigenvalue weighted by atomic mass is 35.5. The Kier molecular flexibility index (Phi) is 11.6. The first-order valence-electron chi connectivity index (χ1n) is 9.97. The molecule has 0 radical (unpaired) electrons. The number of nitrogens with zero attached hydrogens (tertiary/aromatic N) is 2. The van der Waals surface area contributed by atoms with E-state index < -0.39 is 0 Å². The number of hydrogen-bond acceptors (Lipinski definition) is 5. The Hall–Kier alpha value is -0.590. The number of halogens is 2. The fraction of sp³-hybridized carbons (Fsp3) is 0.750. The molecule has 0 aliphatic carbocycles. The largest absolute Gasteiger partial charge is 0.380 e. The van der Waals surface area contributed by atoms with Crippen LogP contribution < -0.4 is 10.6 Å². The summed E-state index contributed by atoms with van der Waals surface area (Å²) in [6.45, 7) is 11.7. The molecule has 2 aliphatic rings. The Morgan fingerprint density at radius 1 is 1.22 bits per heavy atom. The van der Waals surface area contributed by atoms with Crippen molar-refractivity contribution < 1.29 is 4.74 Å². The van der Waals surface area contributed by atoms with E-state index in [9.17, 15) is 0 Å². The molecule has 156 valence electrons. The second-order valence-corrected chi connectivity index (χ2v) is 7.74. The lowest BCUT2D eigenvalue weighted by atomic mass is 10.1. The Balaban J connectivity index is 0.00000182. The summed E-state index contributed by atoms with van der Waals surface area (Å²) in [5.41, 5.74) is 2.48. The fourth-order valence-electron chi connectivity index (χ4n) is 3.81. The van der Waals surface area contributed by atoms with Crippen LogP contribution in [0.25, 0.3) is 0 Å². The molecule has 0 amide bonds. The standard InChI is InChI=1S/C20H34N4O.2ClH/c1-16(2)15-24(19-7-10-21-14-19)11-13-25-12-8-18-6-5-17-4-3-9-22-20(17)23-18;;/h5-6,16,19,21H,3-4,7-15H2,1-2H3,(H,22,23);2*1H/t19-;;/m1../s1. The van der Waals surface area contributed by atoms with E-state index in [-0.39, 0.29) is 24.8 Å². The van der Waals surface area contributed by atoms with E-state index in [1.807, 2.05) is 0 Å². The van der Waals surface area contributed by atoms with Crippen molar-refractivity contribution in [3.63, 3.8) is 0 Å². The van der Waals surface area contributed by atoms with Crippen LogP contribution >= 0.6 is 24.8 Å². The van der Waals surface area contributed by atoms with Crippen molar-refractivity contribution in [1.29, 1.82) is 0 Å². The van der Waals surface area contributed by atoms with Crippen molar-refractivity contribution in [3.05, 3.63) is 23.4 Å². The number of pyridine rings is 1. The molecule has 1 fully saturated rings. The average molecular weight is 419 g/mol. The fourth-order valence-corrected chi connectivity index (χ4v) is 3.81. The highest BCUT2D eigenvalue weighted by Crippen LogP contribution is 2.19. The van der Waals surface area contributed by atoms with Gasteiger partial charge in [0.15, 0.2) is 0 Å². The van der Waals surface area contributed by atoms with Crippen molar-refractivity contribution in [3.8, 4) is 0 Å². The van der Waals surface area contributed by atoms with Gasteiger partial charge in [0, 0.05) is 44.3 Å². The van der Waals surface area contributed by atoms with E-state index in [2.05, 4.69) is 41.5 Å². The summed E-state index contributed by atoms with van der Waals surface area (Å²) in [7, 11) is 0. The molecule has 1 aromatic rings. The van der Waals surface area contributed by atoms with Crippen LogP contribution in [0.2, 0.25) is 0 Å². The zero-order valence-corrected chi connectivity index (χ0v) is 18.3. The Bertz CT molecular complexity index is 539. The highest BCUT2D eigenvalue weighted by Gasteiger charge is 2.22. The summed E-state index contributed by atoms with van der Waals surface area (Å²) < 4.78 is 5.93. The second-order valence-electron chi connectivity index (χ2n) is 7.74. The Morgan fingerprint density at radius 3 is 2.81 bits per heavy atom. The molecule has 2 N–H and O–H groups in total. The first kappa shape index (κ1) is 24.4. The van der Waals surface area contributed by atoms with Crippen LogP contribution in [0.3, 0.4) is 0 Å². The number of rotatable bonds is 9. The minimum absolute atomic E-state index is 0. The molecule has 2 aliphatic heterocycles. The zero-order valence-electron chi connectivity index (χ0n) is 16.7. The Morgan fingerprint density at radius 2 is 2.07 bits per heavy atom. The molecular weight excluding hydrogens is 383 g/mol. The van der Waals surface area contributed by atoms with Crippen molar-refractivity contribution in [1.82, 2.24) is 15.2 Å². The number of hydrogen-bond donors (Lipinski definition) is 2. The van der Waals surface area contributed by atoms with Crippen molar-refractivity contribution >= 4 is 30.6 Å². The maximum absolute atomic E-state index is 5.93. The van der Waals surface area contributed by atoms with Gasteiger partial charge in [-0.1, -0.05) is 19.9 Å². The number of aryl methyl sites for hydroxylation is 1. The third-order valence-corrected chi connectivity index (χ3v) is 5.13. The maximum atomic E-state index is 5.93. The molecule has 1 aromatic heterocycles. The van der Waals surface area contributed by atoms with Crippen LogP contribution in [0.1, 0.15) is 37.9 Å². The first-order chi connectivity index (χ1) is 12.2. The van der Waals surface area contributed by atoms with E-state index in [1.54, 1.807) is 0 Å². The molecule has 0 unspecified atom stereocenters. The molecule has 3 rings (SSSR count). The van der Waals surface area contributed by atoms with Gasteiger partial charge in [-0.2, -0.15) is 0 Å². The minimum atomic E-state index is 0. The number of ether oxygens (including phenoxy) is 1. The molecule has 7 heteroatoms. The van der Waals surface area contributed by atoms with Crippen LogP contribution in [-0.4, -0.2) is 61.9 Å². The molecule has 1 saturated heterocycles. The van der Waals surface area contributed by atoms with Crippen LogP contribution in [0.5, 0.6) is 0 Å². The highest BCUT2D eigenvalue weighted by molar-refractivity contribution is 5.85. The predicted octanol–water partition coefficient (Wildman–Crippen LogP) is 3.16. The van der Waals surface area contributed by atoms with Crippen molar-refractivity contribution in [2.75, 3.05) is 51.3 Å². The monoisotopic (exact) mass is 418 g/mol. The third-order valence-electron chi connectivity index (χ3n) is 5.13. The normalized spacial score (nSPS) is 18.6. The molecule has 27 heavy (non-hydrogen) atoms. The van der Waals surface area contributed by atoms with Crippen LogP contribution in [0, 0.1) is 5.92 Å². The zero-order chi connectivity index (χ0) is 17.5. The van der Waals surface area contributed by atoms with Crippen LogP contribution in [0.15, 0.2) is 12.1 Å². The van der Waals surface area contributed by atoms with Gasteiger partial charge in [-0.05, 0) is 43.4 Å². The number of fused-ring (bicyclic) bond motifs is 1. The molecule has 0 bridgehead atoms. The SMILES string of the molecule is CC(C)CN(CCOCCc1ccc2c(n1)NCCC2)[C@@H]1CCNC1.Cl.Cl. The van der Waals surface area contributed by atoms with Gasteiger partial charge in [0.05, 0.1) is 13.2 Å². The molecule has 3 heterocycles. The average Bonchev–Trinajstić information content (AvgIpc) is 3.14. The van der Waals surface area contributed by atoms with Gasteiger partial charge in [-0.3, -0.25) is 4.90 Å². The third kappa shape index (κ3) is 7.74. The number of aromatic nitrogens is 1. The van der Waals surface area contributed by atoms with Crippen LogP contribution in [-0.2, 0) is 17.6 Å². The number of nitrogens with one attached hydrogen (secondary N) is 2. The van der Waals surface area contributed by atoms with Gasteiger partial charge in [-0.25, -0.2) is 4.98 Å². The topological polar surface area (TPSA) is 49.4 Å². The second kappa shape index (κ2) is 12.8. The van der Waals surface area contributed by atoms with Gasteiger partial charge < -0.3 is 15.4 Å². The molecule has 0 aromatic carbocycles. The van der Waals surface area contributed by atoms with E-state index in [0.717, 1.165) is 70.3 Å². The summed E-state index contributed by atoms with van der Waals surface area (Å²) in [5, 5.41) is 6.88. The van der Waals surface area contributed by atoms with E-state index >= 15 is 0 Å². The van der Waals surface area contributed by atoms with Gasteiger partial charge in [-0.15, -0.1) is 24.8 Å². The maximum Gasteiger partial charge on any atom is 0.129 e. The first-order valence-corrected chi connectivity index (χ1v) is 9.97. The van der Waals surface area contributed by atoms with E-state index in [4.69, 9.17) is 9.72 Å². The lowest BCUT2D eigenvalue weighted by Crippen LogP contribution is -2.41. The van der Waals surface area contributed by atoms with Gasteiger partial charge >= 0.3 is 0 Å². The predicted molar refractivity (Wildman–Crippen MR) is 118 cm³/mol. The van der Waals surface area contributed by atoms with Gasteiger partial charge in [0.25, 0.3) is 0 Å². The van der Waals surface area contributed by atoms with Gasteiger partial charge in [0.1, 0.15) is 5.82 Å². The van der Waals surface area contributed by atoms with Crippen molar-refractivity contribution in [2.45, 2.75) is 45.6 Å².